The first-order chi connectivity index (χ1) is 6.87. The van der Waals surface area contributed by atoms with Crippen molar-refractivity contribution in [2.45, 2.75) is 10.5 Å². The Morgan fingerprint density at radius 1 is 1.14 bits per heavy atom. The van der Waals surface area contributed by atoms with Crippen LogP contribution in [0, 0.1) is 11.3 Å². The van der Waals surface area contributed by atoms with Crippen molar-refractivity contribution < 1.29 is 0 Å². The zero-order valence-corrected chi connectivity index (χ0v) is 9.40. The fourth-order valence-corrected chi connectivity index (χ4v) is 4.39. The Balaban J connectivity index is 2.33. The fraction of sp³-hybridized carbons (Fsp3) is 0.364. The highest BCUT2D eigenvalue weighted by atomic mass is 32.2. The fourth-order valence-electron chi connectivity index (χ4n) is 1.49. The van der Waals surface area contributed by atoms with Gasteiger partial charge in [0.1, 0.15) is 0 Å². The van der Waals surface area contributed by atoms with Gasteiger partial charge in [-0.2, -0.15) is 5.26 Å². The van der Waals surface area contributed by atoms with Crippen molar-refractivity contribution in [2.24, 2.45) is 0 Å². The second-order valence-corrected chi connectivity index (χ2v) is 6.02. The third-order valence-corrected chi connectivity index (χ3v) is 5.36. The third kappa shape index (κ3) is 1.77. The van der Waals surface area contributed by atoms with Crippen molar-refractivity contribution in [2.75, 3.05) is 11.5 Å². The number of hydrogen-bond donors (Lipinski definition) is 0. The Kier molecular flexibility index (Phi) is 3.05. The summed E-state index contributed by atoms with van der Waals surface area (Å²) < 4.78 is -0.348. The lowest BCUT2D eigenvalue weighted by atomic mass is 10.1. The zero-order chi connectivity index (χ0) is 9.86. The molecule has 0 atom stereocenters. The van der Waals surface area contributed by atoms with Gasteiger partial charge in [-0.25, -0.2) is 0 Å². The van der Waals surface area contributed by atoms with Crippen LogP contribution in [0.4, 0.5) is 0 Å². The lowest BCUT2D eigenvalue weighted by molar-refractivity contribution is 1.04. The maximum absolute atomic E-state index is 9.30. The van der Waals surface area contributed by atoms with E-state index in [0.717, 1.165) is 17.1 Å². The maximum atomic E-state index is 9.30. The second kappa shape index (κ2) is 4.29. The smallest absolute Gasteiger partial charge is 0.173 e. The van der Waals surface area contributed by atoms with Crippen molar-refractivity contribution in [3.63, 3.8) is 0 Å². The molecule has 0 unspecified atom stereocenters. The number of rotatable bonds is 1. The van der Waals surface area contributed by atoms with Crippen LogP contribution in [0.2, 0.25) is 0 Å². The first-order valence-electron chi connectivity index (χ1n) is 4.62. The number of benzene rings is 1. The van der Waals surface area contributed by atoms with Crippen molar-refractivity contribution in [3.05, 3.63) is 35.9 Å². The molecule has 1 heterocycles. The monoisotopic (exact) mass is 221 g/mol. The predicted octanol–water partition coefficient (Wildman–Crippen LogP) is 3.23. The van der Waals surface area contributed by atoms with Crippen LogP contribution >= 0.6 is 23.5 Å². The second-order valence-electron chi connectivity index (χ2n) is 3.14. The van der Waals surface area contributed by atoms with Crippen LogP contribution in [0.5, 0.6) is 0 Å². The Hall–Kier alpha value is -0.590. The van der Waals surface area contributed by atoms with E-state index in [1.54, 1.807) is 23.5 Å². The summed E-state index contributed by atoms with van der Waals surface area (Å²) in [5, 5.41) is 9.30. The molecule has 3 heteroatoms. The van der Waals surface area contributed by atoms with Crippen LogP contribution in [-0.2, 0) is 4.08 Å². The van der Waals surface area contributed by atoms with E-state index in [4.69, 9.17) is 0 Å². The van der Waals surface area contributed by atoms with Gasteiger partial charge in [0.25, 0.3) is 0 Å². The minimum absolute atomic E-state index is 0.348. The van der Waals surface area contributed by atoms with Crippen molar-refractivity contribution in [1.29, 1.82) is 5.26 Å². The summed E-state index contributed by atoms with van der Waals surface area (Å²) in [4.78, 5) is 0. The first-order valence-corrected chi connectivity index (χ1v) is 6.59. The Morgan fingerprint density at radius 2 is 1.79 bits per heavy atom. The predicted molar refractivity (Wildman–Crippen MR) is 63.3 cm³/mol. The van der Waals surface area contributed by atoms with Gasteiger partial charge in [0.2, 0.25) is 0 Å². The average molecular weight is 221 g/mol. The maximum Gasteiger partial charge on any atom is 0.173 e. The van der Waals surface area contributed by atoms with Gasteiger partial charge in [-0.1, -0.05) is 30.3 Å². The Labute approximate surface area is 92.9 Å². The van der Waals surface area contributed by atoms with E-state index in [-0.39, 0.29) is 4.08 Å². The molecule has 0 spiro atoms. The van der Waals surface area contributed by atoms with Gasteiger partial charge in [0, 0.05) is 0 Å². The van der Waals surface area contributed by atoms with Crippen LogP contribution in [0.25, 0.3) is 0 Å². The number of hydrogen-bond acceptors (Lipinski definition) is 3. The molecule has 2 rings (SSSR count). The molecule has 0 aromatic heterocycles. The van der Waals surface area contributed by atoms with Gasteiger partial charge < -0.3 is 0 Å². The third-order valence-electron chi connectivity index (χ3n) is 2.20. The van der Waals surface area contributed by atoms with E-state index in [9.17, 15) is 5.26 Å². The van der Waals surface area contributed by atoms with E-state index < -0.39 is 0 Å². The largest absolute Gasteiger partial charge is 0.195 e. The number of nitrogens with zero attached hydrogens (tertiary/aromatic N) is 1. The van der Waals surface area contributed by atoms with E-state index >= 15 is 0 Å². The number of nitriles is 1. The van der Waals surface area contributed by atoms with Gasteiger partial charge in [-0.15, -0.1) is 23.5 Å². The molecule has 0 N–H and O–H groups in total. The molecule has 1 nitrogen and oxygen atoms in total. The molecule has 72 valence electrons. The topological polar surface area (TPSA) is 23.8 Å². The molecule has 1 fully saturated rings. The summed E-state index contributed by atoms with van der Waals surface area (Å²) in [5.41, 5.74) is 1.14. The van der Waals surface area contributed by atoms with Crippen LogP contribution in [0.1, 0.15) is 12.0 Å². The standard InChI is InChI=1S/C11H11NS2/c12-9-11(13-7-4-8-14-11)10-5-2-1-3-6-10/h1-3,5-6H,4,7-8H2. The van der Waals surface area contributed by atoms with Crippen molar-refractivity contribution in [3.8, 4) is 6.07 Å². The number of thioether (sulfide) groups is 2. The summed E-state index contributed by atoms with van der Waals surface area (Å²) in [6, 6.07) is 12.6. The Bertz CT molecular complexity index is 336. The quantitative estimate of drug-likeness (QED) is 0.727. The highest BCUT2D eigenvalue weighted by Gasteiger charge is 2.35. The van der Waals surface area contributed by atoms with Crippen LogP contribution in [0.3, 0.4) is 0 Å². The van der Waals surface area contributed by atoms with E-state index in [1.807, 2.05) is 18.2 Å². The van der Waals surface area contributed by atoms with E-state index in [2.05, 4.69) is 18.2 Å². The zero-order valence-electron chi connectivity index (χ0n) is 7.77. The van der Waals surface area contributed by atoms with Gasteiger partial charge >= 0.3 is 0 Å². The molecule has 0 bridgehead atoms. The molecule has 1 saturated heterocycles. The molecule has 0 aliphatic carbocycles. The molecule has 0 saturated carbocycles. The van der Waals surface area contributed by atoms with Crippen LogP contribution in [0.15, 0.2) is 30.3 Å². The minimum atomic E-state index is -0.348. The van der Waals surface area contributed by atoms with Gasteiger partial charge in [0.05, 0.1) is 6.07 Å². The highest BCUT2D eigenvalue weighted by Crippen LogP contribution is 2.49. The van der Waals surface area contributed by atoms with E-state index in [0.29, 0.717) is 0 Å². The van der Waals surface area contributed by atoms with Crippen molar-refractivity contribution in [1.82, 2.24) is 0 Å². The summed E-state index contributed by atoms with van der Waals surface area (Å²) in [7, 11) is 0. The van der Waals surface area contributed by atoms with Gasteiger partial charge in [-0.3, -0.25) is 0 Å². The molecule has 1 aromatic rings. The van der Waals surface area contributed by atoms with Crippen LogP contribution < -0.4 is 0 Å². The molecule has 14 heavy (non-hydrogen) atoms. The molecular formula is C11H11NS2. The minimum Gasteiger partial charge on any atom is -0.195 e. The van der Waals surface area contributed by atoms with Crippen molar-refractivity contribution >= 4 is 23.5 Å². The van der Waals surface area contributed by atoms with Crippen LogP contribution in [-0.4, -0.2) is 11.5 Å². The highest BCUT2D eigenvalue weighted by molar-refractivity contribution is 8.18. The SMILES string of the molecule is N#CC1(c2ccccc2)SCCCS1. The molecule has 0 radical (unpaired) electrons. The molecule has 0 amide bonds. The molecule has 1 aromatic carbocycles. The molecular weight excluding hydrogens is 210 g/mol. The lowest BCUT2D eigenvalue weighted by Crippen LogP contribution is -2.20. The van der Waals surface area contributed by atoms with Gasteiger partial charge in [0.15, 0.2) is 4.08 Å². The summed E-state index contributed by atoms with van der Waals surface area (Å²) >= 11 is 3.53. The summed E-state index contributed by atoms with van der Waals surface area (Å²) in [6.07, 6.45) is 1.21. The normalized spacial score (nSPS) is 19.9. The Morgan fingerprint density at radius 3 is 2.36 bits per heavy atom. The lowest BCUT2D eigenvalue weighted by Gasteiger charge is -2.29. The average Bonchev–Trinajstić information content (AvgIpc) is 2.31. The van der Waals surface area contributed by atoms with Gasteiger partial charge in [-0.05, 0) is 23.5 Å². The summed E-state index contributed by atoms with van der Waals surface area (Å²) in [5.74, 6) is 2.19. The first kappa shape index (κ1) is 9.95. The summed E-state index contributed by atoms with van der Waals surface area (Å²) in [6.45, 7) is 0. The molecule has 1 aliphatic heterocycles. The molecule has 1 aliphatic rings. The van der Waals surface area contributed by atoms with E-state index in [1.165, 1.54) is 6.42 Å².